The van der Waals surface area contributed by atoms with Crippen LogP contribution in [-0.2, 0) is 24.4 Å². The van der Waals surface area contributed by atoms with Gasteiger partial charge in [0.05, 0.1) is 17.4 Å². The van der Waals surface area contributed by atoms with Crippen LogP contribution < -0.4 is 10.6 Å². The van der Waals surface area contributed by atoms with Crippen LogP contribution in [0.25, 0.3) is 0 Å². The summed E-state index contributed by atoms with van der Waals surface area (Å²) in [7, 11) is -2.13. The maximum absolute atomic E-state index is 12.8. The second-order valence-electron chi connectivity index (χ2n) is 7.59. The SMILES string of the molecule is CNC(=O)C1CCCN1C(=O)CNC(=O)C1CCCN(S(=O)(=O)c2ccccc2)C1. The van der Waals surface area contributed by atoms with E-state index in [-0.39, 0.29) is 35.7 Å². The standard InChI is InChI=1S/C20H28N4O5S/c1-21-20(27)17-10-6-12-24(17)18(25)13-22-19(26)15-7-5-11-23(14-15)30(28,29)16-8-3-2-4-9-16/h2-4,8-9,15,17H,5-7,10-14H2,1H3,(H,21,27)(H,22,26). The van der Waals surface area contributed by atoms with Crippen molar-refractivity contribution in [2.45, 2.75) is 36.6 Å². The first kappa shape index (κ1) is 22.2. The lowest BCUT2D eigenvalue weighted by Crippen LogP contribution is -2.50. The third kappa shape index (κ3) is 4.81. The van der Waals surface area contributed by atoms with Crippen molar-refractivity contribution in [3.63, 3.8) is 0 Å². The highest BCUT2D eigenvalue weighted by molar-refractivity contribution is 7.89. The molecule has 1 aromatic rings. The molecule has 2 aliphatic heterocycles. The fraction of sp³-hybridized carbons (Fsp3) is 0.550. The number of amides is 3. The van der Waals surface area contributed by atoms with Crippen molar-refractivity contribution in [2.24, 2.45) is 5.92 Å². The van der Waals surface area contributed by atoms with E-state index in [4.69, 9.17) is 0 Å². The van der Waals surface area contributed by atoms with E-state index in [1.54, 1.807) is 18.2 Å². The lowest BCUT2D eigenvalue weighted by atomic mass is 9.99. The lowest BCUT2D eigenvalue weighted by molar-refractivity contribution is -0.139. The molecule has 0 bridgehead atoms. The largest absolute Gasteiger partial charge is 0.357 e. The number of likely N-dealkylation sites (N-methyl/N-ethyl adjacent to an activating group) is 1. The van der Waals surface area contributed by atoms with Gasteiger partial charge in [0.2, 0.25) is 27.7 Å². The molecular formula is C20H28N4O5S. The highest BCUT2D eigenvalue weighted by atomic mass is 32.2. The van der Waals surface area contributed by atoms with E-state index in [9.17, 15) is 22.8 Å². The fourth-order valence-corrected chi connectivity index (χ4v) is 5.57. The number of carbonyl (C=O) groups is 3. The zero-order valence-corrected chi connectivity index (χ0v) is 17.9. The number of hydrogen-bond acceptors (Lipinski definition) is 5. The number of carbonyl (C=O) groups excluding carboxylic acids is 3. The van der Waals surface area contributed by atoms with Gasteiger partial charge in [-0.25, -0.2) is 8.42 Å². The molecule has 164 valence electrons. The Hall–Kier alpha value is -2.46. The van der Waals surface area contributed by atoms with Crippen molar-refractivity contribution >= 4 is 27.7 Å². The molecule has 0 radical (unpaired) electrons. The van der Waals surface area contributed by atoms with E-state index < -0.39 is 22.0 Å². The number of benzene rings is 1. The van der Waals surface area contributed by atoms with E-state index in [0.717, 1.165) is 6.42 Å². The van der Waals surface area contributed by atoms with E-state index in [0.29, 0.717) is 32.4 Å². The van der Waals surface area contributed by atoms with Crippen LogP contribution in [0.3, 0.4) is 0 Å². The topological polar surface area (TPSA) is 116 Å². The van der Waals surface area contributed by atoms with Crippen LogP contribution in [-0.4, -0.2) is 74.6 Å². The molecule has 0 aromatic heterocycles. The highest BCUT2D eigenvalue weighted by Crippen LogP contribution is 2.24. The molecule has 2 N–H and O–H groups in total. The number of likely N-dealkylation sites (tertiary alicyclic amines) is 1. The van der Waals surface area contributed by atoms with Crippen molar-refractivity contribution in [3.8, 4) is 0 Å². The van der Waals surface area contributed by atoms with E-state index in [1.165, 1.54) is 28.4 Å². The number of hydrogen-bond donors (Lipinski definition) is 2. The summed E-state index contributed by atoms with van der Waals surface area (Å²) in [4.78, 5) is 38.7. The van der Waals surface area contributed by atoms with Gasteiger partial charge in [0.15, 0.2) is 0 Å². The van der Waals surface area contributed by atoms with E-state index in [1.807, 2.05) is 0 Å². The average Bonchev–Trinajstić information content (AvgIpc) is 3.27. The summed E-state index contributed by atoms with van der Waals surface area (Å²) in [6.07, 6.45) is 2.48. The van der Waals surface area contributed by atoms with Crippen LogP contribution in [0.5, 0.6) is 0 Å². The Labute approximate surface area is 176 Å². The van der Waals surface area contributed by atoms with Crippen molar-refractivity contribution in [2.75, 3.05) is 33.2 Å². The summed E-state index contributed by atoms with van der Waals surface area (Å²) in [5.41, 5.74) is 0. The second-order valence-corrected chi connectivity index (χ2v) is 9.53. The predicted molar refractivity (Wildman–Crippen MR) is 110 cm³/mol. The summed E-state index contributed by atoms with van der Waals surface area (Å²) in [5.74, 6) is -1.37. The van der Waals surface area contributed by atoms with Crippen LogP contribution in [0, 0.1) is 5.92 Å². The quantitative estimate of drug-likeness (QED) is 0.648. The molecule has 9 nitrogen and oxygen atoms in total. The van der Waals surface area contributed by atoms with Gasteiger partial charge >= 0.3 is 0 Å². The van der Waals surface area contributed by atoms with Gasteiger partial charge in [0.25, 0.3) is 0 Å². The number of sulfonamides is 1. The Morgan fingerprint density at radius 1 is 1.03 bits per heavy atom. The Bertz CT molecular complexity index is 890. The average molecular weight is 437 g/mol. The Kier molecular flexibility index (Phi) is 7.09. The minimum Gasteiger partial charge on any atom is -0.357 e. The van der Waals surface area contributed by atoms with Crippen molar-refractivity contribution in [1.29, 1.82) is 0 Å². The van der Waals surface area contributed by atoms with Crippen LogP contribution in [0.15, 0.2) is 35.2 Å². The first-order chi connectivity index (χ1) is 14.3. The molecule has 3 rings (SSSR count). The summed E-state index contributed by atoms with van der Waals surface area (Å²) >= 11 is 0. The minimum absolute atomic E-state index is 0.0852. The van der Waals surface area contributed by atoms with Crippen LogP contribution in [0.2, 0.25) is 0 Å². The van der Waals surface area contributed by atoms with Crippen molar-refractivity contribution in [1.82, 2.24) is 19.8 Å². The summed E-state index contributed by atoms with van der Waals surface area (Å²) in [5, 5.41) is 5.19. The zero-order chi connectivity index (χ0) is 21.7. The smallest absolute Gasteiger partial charge is 0.243 e. The fourth-order valence-electron chi connectivity index (χ4n) is 4.03. The van der Waals surface area contributed by atoms with Gasteiger partial charge in [-0.1, -0.05) is 18.2 Å². The Balaban J connectivity index is 1.57. The maximum Gasteiger partial charge on any atom is 0.243 e. The number of nitrogens with one attached hydrogen (secondary N) is 2. The molecule has 0 saturated carbocycles. The van der Waals surface area contributed by atoms with Gasteiger partial charge in [-0.15, -0.1) is 0 Å². The normalized spacial score (nSPS) is 22.5. The van der Waals surface area contributed by atoms with E-state index >= 15 is 0 Å². The molecule has 3 amide bonds. The summed E-state index contributed by atoms with van der Waals surface area (Å²) < 4.78 is 27.0. The first-order valence-electron chi connectivity index (χ1n) is 10.2. The van der Waals surface area contributed by atoms with Crippen molar-refractivity contribution in [3.05, 3.63) is 30.3 Å². The van der Waals surface area contributed by atoms with Gasteiger partial charge in [-0.2, -0.15) is 4.31 Å². The number of piperidine rings is 1. The summed E-state index contributed by atoms with van der Waals surface area (Å²) in [6.45, 7) is 0.733. The molecule has 1 aromatic carbocycles. The first-order valence-corrected chi connectivity index (χ1v) is 11.6. The van der Waals surface area contributed by atoms with Gasteiger partial charge in [-0.3, -0.25) is 14.4 Å². The molecule has 30 heavy (non-hydrogen) atoms. The van der Waals surface area contributed by atoms with Gasteiger partial charge in [0.1, 0.15) is 6.04 Å². The molecule has 2 unspecified atom stereocenters. The molecule has 2 saturated heterocycles. The molecule has 2 atom stereocenters. The minimum atomic E-state index is -3.66. The maximum atomic E-state index is 12.8. The zero-order valence-electron chi connectivity index (χ0n) is 17.0. The predicted octanol–water partition coefficient (Wildman–Crippen LogP) is -0.0595. The van der Waals surface area contributed by atoms with Crippen LogP contribution in [0.4, 0.5) is 0 Å². The molecule has 10 heteroatoms. The lowest BCUT2D eigenvalue weighted by Gasteiger charge is -2.31. The van der Waals surface area contributed by atoms with Crippen molar-refractivity contribution < 1.29 is 22.8 Å². The van der Waals surface area contributed by atoms with Gasteiger partial charge < -0.3 is 15.5 Å². The van der Waals surface area contributed by atoms with Gasteiger partial charge in [-0.05, 0) is 37.8 Å². The molecule has 0 spiro atoms. The van der Waals surface area contributed by atoms with Crippen LogP contribution >= 0.6 is 0 Å². The highest BCUT2D eigenvalue weighted by Gasteiger charge is 2.35. The van der Waals surface area contributed by atoms with Crippen LogP contribution in [0.1, 0.15) is 25.7 Å². The molecule has 2 fully saturated rings. The summed E-state index contributed by atoms with van der Waals surface area (Å²) in [6, 6.07) is 7.65. The second kappa shape index (κ2) is 9.57. The molecule has 0 aliphatic carbocycles. The monoisotopic (exact) mass is 436 g/mol. The molecule has 2 aliphatic rings. The molecule has 2 heterocycles. The number of nitrogens with zero attached hydrogens (tertiary/aromatic N) is 2. The Morgan fingerprint density at radius 2 is 1.73 bits per heavy atom. The van der Waals surface area contributed by atoms with E-state index in [2.05, 4.69) is 10.6 Å². The third-order valence-electron chi connectivity index (χ3n) is 5.67. The third-order valence-corrected chi connectivity index (χ3v) is 7.55. The van der Waals surface area contributed by atoms with Gasteiger partial charge in [0, 0.05) is 26.7 Å². The Morgan fingerprint density at radius 3 is 2.43 bits per heavy atom. The number of rotatable bonds is 6. The molecular weight excluding hydrogens is 408 g/mol.